The number of likely N-dealkylation sites (tertiary alicyclic amines) is 1. The molecule has 0 aromatic heterocycles. The molecule has 1 amide bonds. The topological polar surface area (TPSA) is 49.8 Å². The predicted molar refractivity (Wildman–Crippen MR) is 80.8 cm³/mol. The maximum atomic E-state index is 13.2. The van der Waals surface area contributed by atoms with Gasteiger partial charge in [0.15, 0.2) is 0 Å². The van der Waals surface area contributed by atoms with E-state index < -0.39 is 29.8 Å². The van der Waals surface area contributed by atoms with Crippen molar-refractivity contribution in [1.29, 1.82) is 0 Å². The van der Waals surface area contributed by atoms with Crippen LogP contribution in [-0.2, 0) is 0 Å². The first-order valence-corrected chi connectivity index (χ1v) is 8.18. The highest BCUT2D eigenvalue weighted by atomic mass is 19.3. The number of carbonyl (C=O) groups is 1. The van der Waals surface area contributed by atoms with Gasteiger partial charge in [-0.25, -0.2) is 0 Å². The lowest BCUT2D eigenvalue weighted by atomic mass is 9.90. The number of amides is 1. The number of hydrogen-bond acceptors (Lipinski definition) is 3. The molecule has 0 spiro atoms. The van der Waals surface area contributed by atoms with Gasteiger partial charge in [-0.15, -0.1) is 0 Å². The van der Waals surface area contributed by atoms with Crippen molar-refractivity contribution in [2.75, 3.05) is 13.1 Å². The second-order valence-corrected chi connectivity index (χ2v) is 6.65. The van der Waals surface area contributed by atoms with Gasteiger partial charge in [0, 0.05) is 19.0 Å². The molecule has 2 aliphatic rings. The summed E-state index contributed by atoms with van der Waals surface area (Å²) in [7, 11) is 0. The van der Waals surface area contributed by atoms with Gasteiger partial charge < -0.3 is 14.7 Å². The van der Waals surface area contributed by atoms with E-state index in [1.54, 1.807) is 0 Å². The molecule has 0 bridgehead atoms. The lowest BCUT2D eigenvalue weighted by Crippen LogP contribution is -2.44. The second-order valence-electron chi connectivity index (χ2n) is 6.65. The lowest BCUT2D eigenvalue weighted by Gasteiger charge is -2.35. The number of para-hydroxylation sites is 1. The van der Waals surface area contributed by atoms with Gasteiger partial charge in [-0.3, -0.25) is 4.79 Å². The van der Waals surface area contributed by atoms with Gasteiger partial charge in [-0.1, -0.05) is 12.1 Å². The Labute approximate surface area is 142 Å². The van der Waals surface area contributed by atoms with Crippen LogP contribution in [0.15, 0.2) is 24.3 Å². The summed E-state index contributed by atoms with van der Waals surface area (Å²) in [5.41, 5.74) is -0.927. The third kappa shape index (κ3) is 3.73. The van der Waals surface area contributed by atoms with Crippen LogP contribution in [0.1, 0.15) is 36.0 Å². The second kappa shape index (κ2) is 6.48. The molecule has 1 saturated carbocycles. The van der Waals surface area contributed by atoms with E-state index in [2.05, 4.69) is 4.74 Å². The number of piperidine rings is 1. The average molecular weight is 361 g/mol. The molecule has 1 unspecified atom stereocenters. The molecule has 2 fully saturated rings. The van der Waals surface area contributed by atoms with Gasteiger partial charge in [0.2, 0.25) is 0 Å². The molecule has 1 aliphatic heterocycles. The summed E-state index contributed by atoms with van der Waals surface area (Å²) >= 11 is 0. The van der Waals surface area contributed by atoms with E-state index in [-0.39, 0.29) is 11.5 Å². The van der Waals surface area contributed by atoms with Crippen molar-refractivity contribution in [1.82, 2.24) is 4.90 Å². The maximum Gasteiger partial charge on any atom is 0.461 e. The van der Waals surface area contributed by atoms with Crippen LogP contribution in [0.25, 0.3) is 0 Å². The summed E-state index contributed by atoms with van der Waals surface area (Å²) in [6.45, 7) is 0.736. The van der Waals surface area contributed by atoms with Crippen LogP contribution in [0, 0.1) is 5.92 Å². The number of halogens is 4. The van der Waals surface area contributed by atoms with Crippen LogP contribution < -0.4 is 4.74 Å². The number of nitrogens with zero attached hydrogens (tertiary/aromatic N) is 1. The van der Waals surface area contributed by atoms with Crippen molar-refractivity contribution in [2.24, 2.45) is 5.92 Å². The first-order chi connectivity index (χ1) is 11.7. The number of rotatable bonds is 5. The zero-order valence-electron chi connectivity index (χ0n) is 13.4. The smallest absolute Gasteiger partial charge is 0.427 e. The fourth-order valence-electron chi connectivity index (χ4n) is 3.23. The molecule has 0 radical (unpaired) electrons. The number of ether oxygens (including phenoxy) is 1. The number of benzene rings is 1. The summed E-state index contributed by atoms with van der Waals surface area (Å²) in [5.74, 6) is -1.19. The number of alkyl halides is 4. The Morgan fingerprint density at radius 2 is 2.00 bits per heavy atom. The standard InChI is InChI=1S/C17H19F4NO3/c18-15(19)17(20,21)25-13-6-2-1-5-12(13)14(23)22-9-3-4-11(10-22)16(24)7-8-16/h1-2,5-6,11,15,24H,3-4,7-10H2. The monoisotopic (exact) mass is 361 g/mol. The molecule has 1 heterocycles. The van der Waals surface area contributed by atoms with Gasteiger partial charge >= 0.3 is 12.5 Å². The molecule has 1 saturated heterocycles. The van der Waals surface area contributed by atoms with Crippen molar-refractivity contribution in [3.05, 3.63) is 29.8 Å². The van der Waals surface area contributed by atoms with Crippen LogP contribution in [0.2, 0.25) is 0 Å². The van der Waals surface area contributed by atoms with Crippen LogP contribution in [0.4, 0.5) is 17.6 Å². The van der Waals surface area contributed by atoms with Crippen molar-refractivity contribution in [3.63, 3.8) is 0 Å². The van der Waals surface area contributed by atoms with Crippen molar-refractivity contribution in [3.8, 4) is 5.75 Å². The molecular formula is C17H19F4NO3. The summed E-state index contributed by atoms with van der Waals surface area (Å²) < 4.78 is 55.3. The zero-order chi connectivity index (χ0) is 18.2. The normalized spacial score (nSPS) is 22.8. The van der Waals surface area contributed by atoms with Crippen molar-refractivity contribution < 1.29 is 32.2 Å². The molecule has 1 N–H and O–H groups in total. The molecule has 3 rings (SSSR count). The minimum Gasteiger partial charge on any atom is -0.427 e. The van der Waals surface area contributed by atoms with Crippen molar-refractivity contribution in [2.45, 2.75) is 43.8 Å². The number of carbonyl (C=O) groups excluding carboxylic acids is 1. The van der Waals surface area contributed by atoms with Gasteiger partial charge in [0.25, 0.3) is 5.91 Å². The highest BCUT2D eigenvalue weighted by molar-refractivity contribution is 5.97. The minimum atomic E-state index is -4.68. The molecular weight excluding hydrogens is 342 g/mol. The predicted octanol–water partition coefficient (Wildman–Crippen LogP) is 3.30. The first-order valence-electron chi connectivity index (χ1n) is 8.18. The Balaban J connectivity index is 1.78. The van der Waals surface area contributed by atoms with Crippen molar-refractivity contribution >= 4 is 5.91 Å². The first kappa shape index (κ1) is 18.0. The third-order valence-electron chi connectivity index (χ3n) is 4.85. The van der Waals surface area contributed by atoms with E-state index in [0.29, 0.717) is 32.4 Å². The van der Waals surface area contributed by atoms with E-state index in [1.807, 2.05) is 0 Å². The highest BCUT2D eigenvalue weighted by Crippen LogP contribution is 2.45. The number of hydrogen-bond donors (Lipinski definition) is 1. The molecule has 25 heavy (non-hydrogen) atoms. The fraction of sp³-hybridized carbons (Fsp3) is 0.588. The molecule has 1 atom stereocenters. The molecule has 8 heteroatoms. The summed E-state index contributed by atoms with van der Waals surface area (Å²) in [6.07, 6.45) is -5.81. The minimum absolute atomic E-state index is 0.0548. The molecule has 138 valence electrons. The lowest BCUT2D eigenvalue weighted by molar-refractivity contribution is -0.253. The van der Waals surface area contributed by atoms with Gasteiger partial charge in [-0.05, 0) is 37.8 Å². The van der Waals surface area contributed by atoms with E-state index in [1.165, 1.54) is 23.1 Å². The highest BCUT2D eigenvalue weighted by Gasteiger charge is 2.49. The maximum absolute atomic E-state index is 13.2. The van der Waals surface area contributed by atoms with E-state index in [0.717, 1.165) is 12.5 Å². The average Bonchev–Trinajstić information content (AvgIpc) is 3.33. The molecule has 1 aliphatic carbocycles. The molecule has 4 nitrogen and oxygen atoms in total. The molecule has 1 aromatic rings. The van der Waals surface area contributed by atoms with E-state index in [4.69, 9.17) is 0 Å². The van der Waals surface area contributed by atoms with E-state index >= 15 is 0 Å². The number of aliphatic hydroxyl groups is 1. The van der Waals surface area contributed by atoms with Gasteiger partial charge in [0.1, 0.15) is 5.75 Å². The Morgan fingerprint density at radius 1 is 1.32 bits per heavy atom. The fourth-order valence-corrected chi connectivity index (χ4v) is 3.23. The van der Waals surface area contributed by atoms with Crippen LogP contribution >= 0.6 is 0 Å². The third-order valence-corrected chi connectivity index (χ3v) is 4.85. The summed E-state index contributed by atoms with van der Waals surface area (Å²) in [4.78, 5) is 14.2. The van der Waals surface area contributed by atoms with Gasteiger partial charge in [0.05, 0.1) is 11.2 Å². The Morgan fingerprint density at radius 3 is 2.64 bits per heavy atom. The largest absolute Gasteiger partial charge is 0.461 e. The van der Waals surface area contributed by atoms with E-state index in [9.17, 15) is 27.5 Å². The Kier molecular flexibility index (Phi) is 4.66. The Hall–Kier alpha value is -1.83. The van der Waals surface area contributed by atoms with Crippen LogP contribution in [0.3, 0.4) is 0 Å². The summed E-state index contributed by atoms with van der Waals surface area (Å²) in [6, 6.07) is 5.13. The van der Waals surface area contributed by atoms with Crippen LogP contribution in [0.5, 0.6) is 5.75 Å². The molecule has 1 aromatic carbocycles. The zero-order valence-corrected chi connectivity index (χ0v) is 13.4. The van der Waals surface area contributed by atoms with Gasteiger partial charge in [-0.2, -0.15) is 17.6 Å². The summed E-state index contributed by atoms with van der Waals surface area (Å²) in [5, 5.41) is 10.2. The quantitative estimate of drug-likeness (QED) is 0.819. The SMILES string of the molecule is O=C(c1ccccc1OC(F)(F)C(F)F)N1CCCC(C2(O)CC2)C1. The van der Waals surface area contributed by atoms with Crippen LogP contribution in [-0.4, -0.2) is 47.1 Å². The Bertz CT molecular complexity index is 649.